The molecule has 0 amide bonds. The van der Waals surface area contributed by atoms with Crippen LogP contribution in [-0.4, -0.2) is 23.5 Å². The molecule has 1 aromatic heterocycles. The minimum Gasteiger partial charge on any atom is -0.298 e. The van der Waals surface area contributed by atoms with E-state index in [0.717, 1.165) is 0 Å². The summed E-state index contributed by atoms with van der Waals surface area (Å²) in [5, 5.41) is 0. The van der Waals surface area contributed by atoms with E-state index in [9.17, 15) is 0 Å². The SMILES string of the molecule is CN1CCC[C@H]1c1cc(-c2ccccc2)ccn1. The fourth-order valence-corrected chi connectivity index (χ4v) is 2.72. The Bertz CT molecular complexity index is 522. The number of hydrogen-bond donors (Lipinski definition) is 0. The van der Waals surface area contributed by atoms with Crippen LogP contribution < -0.4 is 0 Å². The molecule has 92 valence electrons. The van der Waals surface area contributed by atoms with E-state index in [1.807, 2.05) is 6.20 Å². The van der Waals surface area contributed by atoms with Crippen molar-refractivity contribution in [1.29, 1.82) is 0 Å². The Balaban J connectivity index is 1.94. The van der Waals surface area contributed by atoms with Crippen LogP contribution in [0.1, 0.15) is 24.6 Å². The van der Waals surface area contributed by atoms with Crippen molar-refractivity contribution in [2.75, 3.05) is 13.6 Å². The molecule has 1 atom stereocenters. The smallest absolute Gasteiger partial charge is 0.0581 e. The van der Waals surface area contributed by atoms with Crippen LogP contribution in [0.5, 0.6) is 0 Å². The third-order valence-electron chi connectivity index (χ3n) is 3.75. The van der Waals surface area contributed by atoms with Gasteiger partial charge in [-0.25, -0.2) is 0 Å². The second-order valence-electron chi connectivity index (χ2n) is 4.97. The van der Waals surface area contributed by atoms with Crippen LogP contribution in [0, 0.1) is 0 Å². The first-order valence-electron chi connectivity index (χ1n) is 6.56. The molecule has 0 unspecified atom stereocenters. The van der Waals surface area contributed by atoms with E-state index < -0.39 is 0 Å². The van der Waals surface area contributed by atoms with Crippen LogP contribution in [0.25, 0.3) is 11.1 Å². The van der Waals surface area contributed by atoms with Crippen LogP contribution >= 0.6 is 0 Å². The van der Waals surface area contributed by atoms with Crippen molar-refractivity contribution in [3.63, 3.8) is 0 Å². The molecule has 0 radical (unpaired) electrons. The third-order valence-corrected chi connectivity index (χ3v) is 3.75. The van der Waals surface area contributed by atoms with Crippen molar-refractivity contribution >= 4 is 0 Å². The predicted octanol–water partition coefficient (Wildman–Crippen LogP) is 3.52. The highest BCUT2D eigenvalue weighted by Crippen LogP contribution is 2.31. The molecule has 1 aromatic carbocycles. The lowest BCUT2D eigenvalue weighted by Crippen LogP contribution is -2.18. The van der Waals surface area contributed by atoms with Gasteiger partial charge in [0.15, 0.2) is 0 Å². The summed E-state index contributed by atoms with van der Waals surface area (Å²) in [6.07, 6.45) is 4.43. The molecule has 0 saturated carbocycles. The molecule has 18 heavy (non-hydrogen) atoms. The maximum atomic E-state index is 4.56. The molecule has 1 fully saturated rings. The molecule has 2 nitrogen and oxygen atoms in total. The number of nitrogens with zero attached hydrogens (tertiary/aromatic N) is 2. The molecule has 3 rings (SSSR count). The van der Waals surface area contributed by atoms with Crippen molar-refractivity contribution in [3.8, 4) is 11.1 Å². The van der Waals surface area contributed by atoms with Gasteiger partial charge in [-0.2, -0.15) is 0 Å². The Hall–Kier alpha value is -1.67. The molecule has 2 heterocycles. The predicted molar refractivity (Wildman–Crippen MR) is 74.3 cm³/mol. The van der Waals surface area contributed by atoms with Crippen LogP contribution in [0.15, 0.2) is 48.7 Å². The maximum Gasteiger partial charge on any atom is 0.0581 e. The molecule has 2 aromatic rings. The standard InChI is InChI=1S/C16H18N2/c1-18-11-5-8-16(18)15-12-14(9-10-17-15)13-6-3-2-4-7-13/h2-4,6-7,9-10,12,16H,5,8,11H2,1H3/t16-/m0/s1. The van der Waals surface area contributed by atoms with Gasteiger partial charge < -0.3 is 0 Å². The van der Waals surface area contributed by atoms with Gasteiger partial charge in [-0.15, -0.1) is 0 Å². The first-order valence-corrected chi connectivity index (χ1v) is 6.56. The van der Waals surface area contributed by atoms with E-state index in [2.05, 4.69) is 59.4 Å². The Kier molecular flexibility index (Phi) is 3.11. The summed E-state index contributed by atoms with van der Waals surface area (Å²) >= 11 is 0. The summed E-state index contributed by atoms with van der Waals surface area (Å²) in [6.45, 7) is 1.18. The van der Waals surface area contributed by atoms with E-state index in [1.165, 1.54) is 36.2 Å². The van der Waals surface area contributed by atoms with Crippen molar-refractivity contribution < 1.29 is 0 Å². The van der Waals surface area contributed by atoms with Gasteiger partial charge in [0.25, 0.3) is 0 Å². The topological polar surface area (TPSA) is 16.1 Å². The molecule has 2 heteroatoms. The van der Waals surface area contributed by atoms with Gasteiger partial charge in [-0.3, -0.25) is 9.88 Å². The average Bonchev–Trinajstić information content (AvgIpc) is 2.86. The monoisotopic (exact) mass is 238 g/mol. The minimum absolute atomic E-state index is 0.494. The quantitative estimate of drug-likeness (QED) is 0.796. The molecule has 1 aliphatic heterocycles. The molecular weight excluding hydrogens is 220 g/mol. The number of aromatic nitrogens is 1. The summed E-state index contributed by atoms with van der Waals surface area (Å²) in [5.41, 5.74) is 3.74. The number of likely N-dealkylation sites (tertiary alicyclic amines) is 1. The van der Waals surface area contributed by atoms with Gasteiger partial charge in [0.1, 0.15) is 0 Å². The third kappa shape index (κ3) is 2.16. The minimum atomic E-state index is 0.494. The molecule has 0 spiro atoms. The van der Waals surface area contributed by atoms with Gasteiger partial charge in [-0.1, -0.05) is 30.3 Å². The van der Waals surface area contributed by atoms with E-state index >= 15 is 0 Å². The van der Waals surface area contributed by atoms with Crippen molar-refractivity contribution in [2.24, 2.45) is 0 Å². The zero-order chi connectivity index (χ0) is 12.4. The summed E-state index contributed by atoms with van der Waals surface area (Å²) in [6, 6.07) is 15.3. The van der Waals surface area contributed by atoms with Gasteiger partial charge in [0.2, 0.25) is 0 Å². The molecule has 1 aliphatic rings. The summed E-state index contributed by atoms with van der Waals surface area (Å²) in [5.74, 6) is 0. The zero-order valence-corrected chi connectivity index (χ0v) is 10.7. The van der Waals surface area contributed by atoms with Crippen molar-refractivity contribution in [1.82, 2.24) is 9.88 Å². The second kappa shape index (κ2) is 4.91. The number of rotatable bonds is 2. The van der Waals surface area contributed by atoms with E-state index in [4.69, 9.17) is 0 Å². The number of pyridine rings is 1. The highest BCUT2D eigenvalue weighted by atomic mass is 15.2. The molecule has 0 N–H and O–H groups in total. The van der Waals surface area contributed by atoms with Crippen LogP contribution in [0.3, 0.4) is 0 Å². The Labute approximate surface area is 108 Å². The molecule has 0 aliphatic carbocycles. The van der Waals surface area contributed by atoms with Crippen LogP contribution in [-0.2, 0) is 0 Å². The lowest BCUT2D eigenvalue weighted by molar-refractivity contribution is 0.312. The summed E-state index contributed by atoms with van der Waals surface area (Å²) in [4.78, 5) is 6.96. The maximum absolute atomic E-state index is 4.56. The first kappa shape index (κ1) is 11.4. The number of hydrogen-bond acceptors (Lipinski definition) is 2. The van der Waals surface area contributed by atoms with E-state index in [1.54, 1.807) is 0 Å². The van der Waals surface area contributed by atoms with E-state index in [-0.39, 0.29) is 0 Å². The molecular formula is C16H18N2. The van der Waals surface area contributed by atoms with Gasteiger partial charge in [0.05, 0.1) is 11.7 Å². The fourth-order valence-electron chi connectivity index (χ4n) is 2.72. The fraction of sp³-hybridized carbons (Fsp3) is 0.312. The highest BCUT2D eigenvalue weighted by Gasteiger charge is 2.23. The summed E-state index contributed by atoms with van der Waals surface area (Å²) in [7, 11) is 2.19. The van der Waals surface area contributed by atoms with Crippen LogP contribution in [0.2, 0.25) is 0 Å². The Morgan fingerprint density at radius 2 is 1.94 bits per heavy atom. The average molecular weight is 238 g/mol. The molecule has 1 saturated heterocycles. The van der Waals surface area contributed by atoms with Gasteiger partial charge >= 0.3 is 0 Å². The van der Waals surface area contributed by atoms with Gasteiger partial charge in [-0.05, 0) is 49.7 Å². The van der Waals surface area contributed by atoms with Crippen molar-refractivity contribution in [2.45, 2.75) is 18.9 Å². The Morgan fingerprint density at radius 1 is 1.11 bits per heavy atom. The van der Waals surface area contributed by atoms with Crippen LogP contribution in [0.4, 0.5) is 0 Å². The molecule has 0 bridgehead atoms. The lowest BCUT2D eigenvalue weighted by Gasteiger charge is -2.19. The lowest BCUT2D eigenvalue weighted by atomic mass is 10.0. The largest absolute Gasteiger partial charge is 0.298 e. The summed E-state index contributed by atoms with van der Waals surface area (Å²) < 4.78 is 0. The van der Waals surface area contributed by atoms with Gasteiger partial charge in [0, 0.05) is 6.20 Å². The first-order chi connectivity index (χ1) is 8.84. The normalized spacial score (nSPS) is 20.2. The van der Waals surface area contributed by atoms with Crippen molar-refractivity contribution in [3.05, 3.63) is 54.4 Å². The second-order valence-corrected chi connectivity index (χ2v) is 4.97. The number of benzene rings is 1. The van der Waals surface area contributed by atoms with E-state index in [0.29, 0.717) is 6.04 Å². The highest BCUT2D eigenvalue weighted by molar-refractivity contribution is 5.63. The Morgan fingerprint density at radius 3 is 2.67 bits per heavy atom. The zero-order valence-electron chi connectivity index (χ0n) is 10.7.